The smallest absolute Gasteiger partial charge is 0.277 e. The lowest BCUT2D eigenvalue weighted by Crippen LogP contribution is -2.51. The molecule has 43 heavy (non-hydrogen) atoms. The summed E-state index contributed by atoms with van der Waals surface area (Å²) in [4.78, 5) is 32.5. The number of thioether (sulfide) groups is 1. The molecule has 0 bridgehead atoms. The minimum absolute atomic E-state index is 0.0470. The summed E-state index contributed by atoms with van der Waals surface area (Å²) >= 11 is 1.30. The highest BCUT2D eigenvalue weighted by atomic mass is 32.2. The van der Waals surface area contributed by atoms with Crippen molar-refractivity contribution in [2.24, 2.45) is 0 Å². The van der Waals surface area contributed by atoms with Crippen LogP contribution >= 0.6 is 11.8 Å². The Balaban J connectivity index is 1.42. The number of nitrogens with zero attached hydrogens (tertiary/aromatic N) is 5. The highest BCUT2D eigenvalue weighted by Crippen LogP contribution is 2.25. The van der Waals surface area contributed by atoms with Crippen molar-refractivity contribution in [3.05, 3.63) is 75.7 Å². The summed E-state index contributed by atoms with van der Waals surface area (Å²) in [5, 5.41) is 7.12. The number of carbonyl (C=O) groups is 1. The zero-order valence-corrected chi connectivity index (χ0v) is 26.5. The Morgan fingerprint density at radius 3 is 2.44 bits per heavy atom. The number of aromatic amines is 1. The van der Waals surface area contributed by atoms with Gasteiger partial charge in [0.1, 0.15) is 12.4 Å². The van der Waals surface area contributed by atoms with Gasteiger partial charge in [-0.2, -0.15) is 14.4 Å². The third kappa shape index (κ3) is 9.23. The average Bonchev–Trinajstić information content (AvgIpc) is 3.55. The van der Waals surface area contributed by atoms with Gasteiger partial charge in [0, 0.05) is 55.8 Å². The van der Waals surface area contributed by atoms with Crippen molar-refractivity contribution < 1.29 is 17.6 Å². The third-order valence-corrected chi connectivity index (χ3v) is 10.8. The molecule has 4 rings (SSSR count). The maximum Gasteiger partial charge on any atom is 0.277 e. The number of hydrogen-bond acceptors (Lipinski definition) is 7. The number of hydrogen-bond donors (Lipinski definition) is 1. The van der Waals surface area contributed by atoms with E-state index >= 15 is 0 Å². The van der Waals surface area contributed by atoms with E-state index in [1.807, 2.05) is 6.92 Å². The lowest BCUT2D eigenvalue weighted by molar-refractivity contribution is -0.133. The van der Waals surface area contributed by atoms with E-state index in [0.717, 1.165) is 36.8 Å². The Kier molecular flexibility index (Phi) is 11.9. The minimum atomic E-state index is -3.36. The second kappa shape index (κ2) is 15.6. The van der Waals surface area contributed by atoms with Crippen LogP contribution in [0.5, 0.6) is 0 Å². The van der Waals surface area contributed by atoms with Crippen LogP contribution in [0, 0.1) is 5.82 Å². The second-order valence-corrected chi connectivity index (χ2v) is 14.0. The number of rotatable bonds is 15. The number of amides is 1. The molecule has 1 N–H and O–H groups in total. The first kappa shape index (κ1) is 32.9. The van der Waals surface area contributed by atoms with Gasteiger partial charge in [-0.05, 0) is 29.7 Å². The normalized spacial score (nSPS) is 15.1. The van der Waals surface area contributed by atoms with Gasteiger partial charge in [-0.1, -0.05) is 69.8 Å². The molecule has 0 saturated carbocycles. The Hall–Kier alpha value is -3.03. The van der Waals surface area contributed by atoms with Crippen molar-refractivity contribution in [1.82, 2.24) is 29.0 Å². The van der Waals surface area contributed by atoms with Gasteiger partial charge in [-0.15, -0.1) is 0 Å². The Morgan fingerprint density at radius 2 is 1.77 bits per heavy atom. The van der Waals surface area contributed by atoms with Gasteiger partial charge in [0.25, 0.3) is 5.56 Å². The zero-order valence-electron chi connectivity index (χ0n) is 24.9. The zero-order chi connectivity index (χ0) is 30.8. The van der Waals surface area contributed by atoms with Crippen LogP contribution in [0.2, 0.25) is 0 Å². The molecular weight excluding hydrogens is 592 g/mol. The lowest BCUT2D eigenvalue weighted by atomic mass is 9.98. The molecule has 13 heteroatoms. The highest BCUT2D eigenvalue weighted by molar-refractivity contribution is 7.98. The fourth-order valence-corrected chi connectivity index (χ4v) is 7.55. The average molecular weight is 633 g/mol. The molecular formula is C30H41FN6O4S2. The molecule has 2 aromatic heterocycles. The molecule has 1 atom stereocenters. The predicted octanol–water partition coefficient (Wildman–Crippen LogP) is 4.38. The molecule has 1 aromatic carbocycles. The van der Waals surface area contributed by atoms with E-state index in [1.54, 1.807) is 40.2 Å². The molecule has 1 aliphatic heterocycles. The molecule has 10 nitrogen and oxygen atoms in total. The monoisotopic (exact) mass is 632 g/mol. The van der Waals surface area contributed by atoms with Crippen molar-refractivity contribution in [2.75, 3.05) is 31.9 Å². The van der Waals surface area contributed by atoms with Gasteiger partial charge < -0.3 is 9.47 Å². The summed E-state index contributed by atoms with van der Waals surface area (Å²) in [7, 11) is -3.36. The maximum atomic E-state index is 13.4. The van der Waals surface area contributed by atoms with Gasteiger partial charge in [-0.25, -0.2) is 12.8 Å². The van der Waals surface area contributed by atoms with E-state index in [1.165, 1.54) is 34.6 Å². The number of unbranched alkanes of at least 4 members (excludes halogenated alkanes) is 5. The molecule has 1 amide bonds. The third-order valence-electron chi connectivity index (χ3n) is 7.80. The summed E-state index contributed by atoms with van der Waals surface area (Å²) in [6.07, 6.45) is 11.1. The molecule has 3 heterocycles. The first-order valence-electron chi connectivity index (χ1n) is 14.9. The largest absolute Gasteiger partial charge is 0.339 e. The van der Waals surface area contributed by atoms with Crippen molar-refractivity contribution in [3.8, 4) is 0 Å². The Morgan fingerprint density at radius 1 is 1.07 bits per heavy atom. The van der Waals surface area contributed by atoms with E-state index in [-0.39, 0.29) is 48.6 Å². The molecule has 3 aromatic rings. The summed E-state index contributed by atoms with van der Waals surface area (Å²) in [6.45, 7) is 5.13. The fraction of sp³-hybridized carbons (Fsp3) is 0.533. The van der Waals surface area contributed by atoms with Gasteiger partial charge >= 0.3 is 0 Å². The van der Waals surface area contributed by atoms with Crippen LogP contribution in [0.3, 0.4) is 0 Å². The minimum Gasteiger partial charge on any atom is -0.339 e. The number of piperazine rings is 1. The number of nitrogens with one attached hydrogen (secondary N) is 1. The van der Waals surface area contributed by atoms with Gasteiger partial charge in [0.15, 0.2) is 5.16 Å². The highest BCUT2D eigenvalue weighted by Gasteiger charge is 2.29. The molecule has 0 radical (unpaired) electrons. The summed E-state index contributed by atoms with van der Waals surface area (Å²) in [5.41, 5.74) is 1.73. The van der Waals surface area contributed by atoms with E-state index in [4.69, 9.17) is 0 Å². The summed E-state index contributed by atoms with van der Waals surface area (Å²) in [5.74, 6) is -0.224. The van der Waals surface area contributed by atoms with E-state index in [0.29, 0.717) is 36.0 Å². The summed E-state index contributed by atoms with van der Waals surface area (Å²) in [6, 6.07) is 6.10. The van der Waals surface area contributed by atoms with E-state index in [2.05, 4.69) is 22.1 Å². The van der Waals surface area contributed by atoms with Crippen LogP contribution < -0.4 is 5.56 Å². The number of halogens is 1. The van der Waals surface area contributed by atoms with Crippen LogP contribution in [0.4, 0.5) is 4.39 Å². The number of carbonyl (C=O) groups excluding carboxylic acids is 1. The number of sulfonamides is 1. The van der Waals surface area contributed by atoms with Crippen molar-refractivity contribution in [2.45, 2.75) is 75.7 Å². The number of aromatic nitrogens is 4. The fourth-order valence-electron chi connectivity index (χ4n) is 5.08. The topological polar surface area (TPSA) is 121 Å². The molecule has 1 unspecified atom stereocenters. The SMILES string of the molecule is CCCCCCCCS(=O)(=O)N1CCN(C(=O)Cn2cc(C(C)c3cn[nH]c3)c(=O)nc2SCc2ccc(F)cc2)CC1. The Bertz CT molecular complexity index is 1490. The molecule has 0 aliphatic carbocycles. The molecule has 0 spiro atoms. The Labute approximate surface area is 257 Å². The van der Waals surface area contributed by atoms with Gasteiger partial charge in [-0.3, -0.25) is 14.7 Å². The quantitative estimate of drug-likeness (QED) is 0.150. The van der Waals surface area contributed by atoms with Crippen LogP contribution in [-0.2, 0) is 27.1 Å². The van der Waals surface area contributed by atoms with Crippen LogP contribution in [0.25, 0.3) is 0 Å². The lowest BCUT2D eigenvalue weighted by Gasteiger charge is -2.34. The molecule has 1 aliphatic rings. The van der Waals surface area contributed by atoms with Crippen LogP contribution in [0.15, 0.2) is 52.8 Å². The van der Waals surface area contributed by atoms with Crippen molar-refractivity contribution in [3.63, 3.8) is 0 Å². The van der Waals surface area contributed by atoms with Crippen molar-refractivity contribution >= 4 is 27.7 Å². The first-order chi connectivity index (χ1) is 20.7. The van der Waals surface area contributed by atoms with Gasteiger partial charge in [0.05, 0.1) is 11.9 Å². The predicted molar refractivity (Wildman–Crippen MR) is 166 cm³/mol. The van der Waals surface area contributed by atoms with E-state index < -0.39 is 10.0 Å². The first-order valence-corrected chi connectivity index (χ1v) is 17.5. The molecule has 234 valence electrons. The van der Waals surface area contributed by atoms with Crippen molar-refractivity contribution in [1.29, 1.82) is 0 Å². The second-order valence-electron chi connectivity index (χ2n) is 10.9. The van der Waals surface area contributed by atoms with E-state index in [9.17, 15) is 22.4 Å². The maximum absolute atomic E-state index is 13.4. The number of benzene rings is 1. The van der Waals surface area contributed by atoms with Crippen LogP contribution in [-0.4, -0.2) is 75.2 Å². The van der Waals surface area contributed by atoms with Crippen LogP contribution in [0.1, 0.15) is 75.0 Å². The van der Waals surface area contributed by atoms with Gasteiger partial charge in [0.2, 0.25) is 15.9 Å². The molecule has 1 saturated heterocycles. The number of H-pyrrole nitrogens is 1. The standard InChI is InChI=1S/C30H41FN6O4S2/c1-3-4-5-6-7-8-17-43(40,41)37-15-13-35(14-16-37)28(38)21-36-20-27(23(2)25-18-32-33-19-25)29(39)34-30(36)42-22-24-9-11-26(31)12-10-24/h9-12,18-20,23H,3-8,13-17,21-22H2,1-2H3,(H,32,33). The summed E-state index contributed by atoms with van der Waals surface area (Å²) < 4.78 is 42.3. The molecule has 1 fully saturated rings.